The fraction of sp³-hybridized carbons (Fsp3) is 0.300. The Kier molecular flexibility index (Phi) is 2.94. The Bertz CT molecular complexity index is 336. The van der Waals surface area contributed by atoms with Crippen molar-refractivity contribution in [3.8, 4) is 0 Å². The zero-order chi connectivity index (χ0) is 10.0. The Morgan fingerprint density at radius 2 is 2.00 bits per heavy atom. The smallest absolute Gasteiger partial charge is 0.302 e. The summed E-state index contributed by atoms with van der Waals surface area (Å²) in [5.74, 6) is 0. The monoisotopic (exact) mass is 197 g/mol. The van der Waals surface area contributed by atoms with Crippen LogP contribution < -0.4 is 4.90 Å². The van der Waals surface area contributed by atoms with Gasteiger partial charge < -0.3 is 4.90 Å². The molecule has 1 aromatic rings. The maximum Gasteiger partial charge on any atom is 0.320 e. The minimum absolute atomic E-state index is 0.466. The molecule has 0 unspecified atom stereocenters. The molecule has 0 radical (unpaired) electrons. The van der Waals surface area contributed by atoms with Gasteiger partial charge in [0.2, 0.25) is 0 Å². The Morgan fingerprint density at radius 1 is 1.38 bits per heavy atom. The average Bonchev–Trinajstić information content (AvgIpc) is 2.03. The SMILES string of the molecule is Cc1ccc(N(C)C(=O)Cl)c(C)c1. The van der Waals surface area contributed by atoms with Crippen molar-refractivity contribution in [2.24, 2.45) is 0 Å². The van der Waals surface area contributed by atoms with Gasteiger partial charge in [0.05, 0.1) is 0 Å². The maximum atomic E-state index is 10.9. The lowest BCUT2D eigenvalue weighted by Crippen LogP contribution is -2.20. The summed E-state index contributed by atoms with van der Waals surface area (Å²) in [6.45, 7) is 3.97. The molecular weight excluding hydrogens is 186 g/mol. The molecular formula is C10H12ClNO. The molecule has 0 spiro atoms. The van der Waals surface area contributed by atoms with Crippen molar-refractivity contribution in [1.29, 1.82) is 0 Å². The second kappa shape index (κ2) is 3.79. The second-order valence-corrected chi connectivity index (χ2v) is 3.43. The number of rotatable bonds is 1. The Hall–Kier alpha value is -1.02. The fourth-order valence-electron chi connectivity index (χ4n) is 1.28. The lowest BCUT2D eigenvalue weighted by Gasteiger charge is -2.16. The van der Waals surface area contributed by atoms with E-state index in [0.717, 1.165) is 11.3 Å². The van der Waals surface area contributed by atoms with Crippen molar-refractivity contribution in [3.05, 3.63) is 29.3 Å². The molecule has 0 aliphatic carbocycles. The van der Waals surface area contributed by atoms with Crippen LogP contribution in [0, 0.1) is 13.8 Å². The second-order valence-electron chi connectivity index (χ2n) is 3.10. The molecule has 0 heterocycles. The molecule has 3 heteroatoms. The minimum atomic E-state index is -0.466. The Labute approximate surface area is 83.1 Å². The Balaban J connectivity index is 3.08. The van der Waals surface area contributed by atoms with Gasteiger partial charge in [0.25, 0.3) is 0 Å². The van der Waals surface area contributed by atoms with Gasteiger partial charge in [0.1, 0.15) is 0 Å². The number of halogens is 1. The number of nitrogens with zero attached hydrogens (tertiary/aromatic N) is 1. The molecule has 0 aromatic heterocycles. The normalized spacial score (nSPS) is 9.85. The molecule has 1 aromatic carbocycles. The largest absolute Gasteiger partial charge is 0.320 e. The van der Waals surface area contributed by atoms with Crippen LogP contribution >= 0.6 is 11.6 Å². The highest BCUT2D eigenvalue weighted by Crippen LogP contribution is 2.20. The number of anilines is 1. The van der Waals surface area contributed by atoms with Crippen LogP contribution in [-0.4, -0.2) is 12.4 Å². The lowest BCUT2D eigenvalue weighted by molar-refractivity contribution is 0.265. The molecule has 2 nitrogen and oxygen atoms in total. The minimum Gasteiger partial charge on any atom is -0.302 e. The first-order valence-electron chi connectivity index (χ1n) is 4.03. The van der Waals surface area contributed by atoms with Gasteiger partial charge in [-0.2, -0.15) is 0 Å². The zero-order valence-electron chi connectivity index (χ0n) is 7.97. The summed E-state index contributed by atoms with van der Waals surface area (Å²) < 4.78 is 0. The van der Waals surface area contributed by atoms with E-state index in [2.05, 4.69) is 0 Å². The van der Waals surface area contributed by atoms with Crippen molar-refractivity contribution in [2.45, 2.75) is 13.8 Å². The molecule has 0 aliphatic heterocycles. The van der Waals surface area contributed by atoms with Crippen LogP contribution in [-0.2, 0) is 0 Å². The summed E-state index contributed by atoms with van der Waals surface area (Å²) in [5, 5.41) is -0.466. The number of hydrogen-bond donors (Lipinski definition) is 0. The van der Waals surface area contributed by atoms with E-state index in [1.807, 2.05) is 32.0 Å². The predicted molar refractivity (Wildman–Crippen MR) is 55.6 cm³/mol. The third-order valence-corrected chi connectivity index (χ3v) is 2.23. The summed E-state index contributed by atoms with van der Waals surface area (Å²) in [5.41, 5.74) is 3.08. The molecule has 0 fully saturated rings. The van der Waals surface area contributed by atoms with Gasteiger partial charge in [-0.15, -0.1) is 0 Å². The van der Waals surface area contributed by atoms with Crippen molar-refractivity contribution in [2.75, 3.05) is 11.9 Å². The summed E-state index contributed by atoms with van der Waals surface area (Å²) >= 11 is 5.36. The van der Waals surface area contributed by atoms with Crippen LogP contribution in [0.3, 0.4) is 0 Å². The van der Waals surface area contributed by atoms with Crippen LogP contribution in [0.15, 0.2) is 18.2 Å². The van der Waals surface area contributed by atoms with Crippen molar-refractivity contribution in [3.63, 3.8) is 0 Å². The zero-order valence-corrected chi connectivity index (χ0v) is 8.72. The average molecular weight is 198 g/mol. The van der Waals surface area contributed by atoms with Gasteiger partial charge in [0.15, 0.2) is 0 Å². The van der Waals surface area contributed by atoms with Crippen molar-refractivity contribution < 1.29 is 4.79 Å². The van der Waals surface area contributed by atoms with Gasteiger partial charge in [-0.1, -0.05) is 17.7 Å². The van der Waals surface area contributed by atoms with Gasteiger partial charge in [-0.05, 0) is 37.1 Å². The van der Waals surface area contributed by atoms with Crippen LogP contribution in [0.1, 0.15) is 11.1 Å². The topological polar surface area (TPSA) is 20.3 Å². The van der Waals surface area contributed by atoms with Crippen LogP contribution in [0.25, 0.3) is 0 Å². The number of benzene rings is 1. The molecule has 70 valence electrons. The van der Waals surface area contributed by atoms with Crippen LogP contribution in [0.2, 0.25) is 0 Å². The molecule has 0 saturated heterocycles. The predicted octanol–water partition coefficient (Wildman–Crippen LogP) is 3.10. The van der Waals surface area contributed by atoms with E-state index in [1.54, 1.807) is 7.05 Å². The molecule has 0 N–H and O–H groups in total. The van der Waals surface area contributed by atoms with E-state index in [4.69, 9.17) is 11.6 Å². The quantitative estimate of drug-likeness (QED) is 0.501. The van der Waals surface area contributed by atoms with Gasteiger partial charge >= 0.3 is 5.37 Å². The maximum absolute atomic E-state index is 10.9. The van der Waals surface area contributed by atoms with E-state index < -0.39 is 5.37 Å². The molecule has 0 saturated carbocycles. The molecule has 1 rings (SSSR count). The highest BCUT2D eigenvalue weighted by atomic mass is 35.5. The van der Waals surface area contributed by atoms with E-state index in [9.17, 15) is 4.79 Å². The van der Waals surface area contributed by atoms with Gasteiger partial charge in [-0.3, -0.25) is 4.79 Å². The third kappa shape index (κ3) is 2.22. The summed E-state index contributed by atoms with van der Waals surface area (Å²) in [7, 11) is 1.66. The lowest BCUT2D eigenvalue weighted by atomic mass is 10.1. The number of hydrogen-bond acceptors (Lipinski definition) is 1. The van der Waals surface area contributed by atoms with Crippen molar-refractivity contribution >= 4 is 22.7 Å². The van der Waals surface area contributed by atoms with Crippen molar-refractivity contribution in [1.82, 2.24) is 0 Å². The highest BCUT2D eigenvalue weighted by molar-refractivity contribution is 6.66. The first-order valence-corrected chi connectivity index (χ1v) is 4.40. The van der Waals surface area contributed by atoms with Gasteiger partial charge in [-0.25, -0.2) is 0 Å². The third-order valence-electron chi connectivity index (χ3n) is 1.98. The van der Waals surface area contributed by atoms with E-state index in [1.165, 1.54) is 10.5 Å². The summed E-state index contributed by atoms with van der Waals surface area (Å²) in [6.07, 6.45) is 0. The summed E-state index contributed by atoms with van der Waals surface area (Å²) in [6, 6.07) is 5.87. The number of carbonyl (C=O) groups is 1. The van der Waals surface area contributed by atoms with Crippen LogP contribution in [0.4, 0.5) is 10.5 Å². The summed E-state index contributed by atoms with van der Waals surface area (Å²) in [4.78, 5) is 12.3. The molecule has 0 aliphatic rings. The number of aryl methyl sites for hydroxylation is 2. The Morgan fingerprint density at radius 3 is 2.46 bits per heavy atom. The molecule has 1 amide bonds. The molecule has 0 bridgehead atoms. The van der Waals surface area contributed by atoms with Crippen LogP contribution in [0.5, 0.6) is 0 Å². The molecule has 13 heavy (non-hydrogen) atoms. The number of amides is 1. The highest BCUT2D eigenvalue weighted by Gasteiger charge is 2.09. The van der Waals surface area contributed by atoms with E-state index >= 15 is 0 Å². The fourth-order valence-corrected chi connectivity index (χ4v) is 1.37. The molecule has 0 atom stereocenters. The van der Waals surface area contributed by atoms with E-state index in [0.29, 0.717) is 0 Å². The first-order chi connectivity index (χ1) is 6.02. The van der Waals surface area contributed by atoms with Gasteiger partial charge in [0, 0.05) is 12.7 Å². The number of carbonyl (C=O) groups excluding carboxylic acids is 1. The van der Waals surface area contributed by atoms with E-state index in [-0.39, 0.29) is 0 Å². The first kappa shape index (κ1) is 10.1. The standard InChI is InChI=1S/C10H12ClNO/c1-7-4-5-9(8(2)6-7)12(3)10(11)13/h4-6H,1-3H3.